The van der Waals surface area contributed by atoms with Crippen LogP contribution in [-0.2, 0) is 10.9 Å². The van der Waals surface area contributed by atoms with E-state index >= 15 is 4.39 Å². The summed E-state index contributed by atoms with van der Waals surface area (Å²) >= 11 is 0. The van der Waals surface area contributed by atoms with Crippen molar-refractivity contribution in [2.24, 2.45) is 0 Å². The lowest BCUT2D eigenvalue weighted by atomic mass is 9.75. The normalized spacial score (nSPS) is 18.9. The van der Waals surface area contributed by atoms with Gasteiger partial charge >= 0.3 is 6.18 Å². The molecule has 0 N–H and O–H groups in total. The van der Waals surface area contributed by atoms with Gasteiger partial charge in [-0.25, -0.2) is 22.0 Å². The number of methoxy groups -OCH3 is 1. The molecule has 0 bridgehead atoms. The summed E-state index contributed by atoms with van der Waals surface area (Å²) in [4.78, 5) is 0. The van der Waals surface area contributed by atoms with Crippen LogP contribution < -0.4 is 0 Å². The van der Waals surface area contributed by atoms with Crippen LogP contribution in [0.2, 0.25) is 0 Å². The van der Waals surface area contributed by atoms with E-state index in [4.69, 9.17) is 0 Å². The Labute approximate surface area is 214 Å². The van der Waals surface area contributed by atoms with Gasteiger partial charge in [-0.1, -0.05) is 36.4 Å². The minimum absolute atomic E-state index is 0.0324. The molecule has 0 spiro atoms. The first kappa shape index (κ1) is 27.8. The Bertz CT molecular complexity index is 1300. The van der Waals surface area contributed by atoms with Crippen LogP contribution in [0.5, 0.6) is 0 Å². The Morgan fingerprint density at radius 1 is 0.763 bits per heavy atom. The fourth-order valence-corrected chi connectivity index (χ4v) is 5.03. The first-order valence-corrected chi connectivity index (χ1v) is 12.0. The van der Waals surface area contributed by atoms with E-state index in [0.29, 0.717) is 42.4 Å². The van der Waals surface area contributed by atoms with E-state index in [-0.39, 0.29) is 23.0 Å². The average Bonchev–Trinajstić information content (AvgIpc) is 2.87. The highest BCUT2D eigenvalue weighted by Crippen LogP contribution is 2.43. The summed E-state index contributed by atoms with van der Waals surface area (Å²) in [5.41, 5.74) is -0.0713. The second kappa shape index (κ2) is 11.3. The maximum absolute atomic E-state index is 15.1. The highest BCUT2D eigenvalue weighted by Gasteiger charge is 2.38. The third-order valence-corrected chi connectivity index (χ3v) is 6.97. The molecule has 1 aliphatic rings. The number of halogens is 8. The van der Waals surface area contributed by atoms with E-state index < -0.39 is 47.5 Å². The molecule has 0 atom stereocenters. The first-order chi connectivity index (χ1) is 18.0. The van der Waals surface area contributed by atoms with Gasteiger partial charge in [0.1, 0.15) is 29.6 Å². The van der Waals surface area contributed by atoms with Crippen LogP contribution in [-0.4, -0.2) is 13.7 Å². The number of hydrogen-bond acceptors (Lipinski definition) is 1. The van der Waals surface area contributed by atoms with Gasteiger partial charge in [-0.05, 0) is 78.0 Å². The molecule has 1 fully saturated rings. The van der Waals surface area contributed by atoms with E-state index in [1.807, 2.05) is 0 Å². The highest BCUT2D eigenvalue weighted by atomic mass is 19.4. The first-order valence-electron chi connectivity index (χ1n) is 12.0. The predicted octanol–water partition coefficient (Wildman–Crippen LogP) is 9.49. The van der Waals surface area contributed by atoms with Gasteiger partial charge in [-0.15, -0.1) is 0 Å². The largest absolute Gasteiger partial charge is 0.422 e. The molecule has 9 heteroatoms. The summed E-state index contributed by atoms with van der Waals surface area (Å²) in [7, 11) is 1.25. The Kier molecular flexibility index (Phi) is 8.25. The monoisotopic (exact) mass is 540 g/mol. The lowest BCUT2D eigenvalue weighted by Gasteiger charge is -2.29. The molecule has 202 valence electrons. The zero-order chi connectivity index (χ0) is 27.6. The second-order valence-electron chi connectivity index (χ2n) is 9.37. The molecule has 0 amide bonds. The van der Waals surface area contributed by atoms with Gasteiger partial charge in [-0.3, -0.25) is 0 Å². The van der Waals surface area contributed by atoms with Gasteiger partial charge in [0.05, 0.1) is 0 Å². The molecule has 0 saturated heterocycles. The van der Waals surface area contributed by atoms with Crippen LogP contribution in [0.15, 0.2) is 60.4 Å². The van der Waals surface area contributed by atoms with Crippen LogP contribution in [0.3, 0.4) is 0 Å². The van der Waals surface area contributed by atoms with E-state index in [2.05, 4.69) is 4.74 Å². The Hall–Kier alpha value is -3.20. The quantitative estimate of drug-likeness (QED) is 0.283. The summed E-state index contributed by atoms with van der Waals surface area (Å²) in [6, 6.07) is 12.1. The molecule has 3 aromatic carbocycles. The van der Waals surface area contributed by atoms with Gasteiger partial charge in [-0.2, -0.15) is 13.2 Å². The van der Waals surface area contributed by atoms with Gasteiger partial charge in [0.2, 0.25) is 0 Å². The highest BCUT2D eigenvalue weighted by molar-refractivity contribution is 5.68. The van der Waals surface area contributed by atoms with Gasteiger partial charge < -0.3 is 4.74 Å². The fraction of sp³-hybridized carbons (Fsp3) is 0.310. The lowest BCUT2D eigenvalue weighted by molar-refractivity contribution is -0.142. The maximum Gasteiger partial charge on any atom is 0.422 e. The van der Waals surface area contributed by atoms with Crippen molar-refractivity contribution in [2.45, 2.75) is 43.7 Å². The summed E-state index contributed by atoms with van der Waals surface area (Å²) in [6.07, 6.45) is -3.24. The summed E-state index contributed by atoms with van der Waals surface area (Å²) < 4.78 is 114. The third kappa shape index (κ3) is 5.93. The topological polar surface area (TPSA) is 9.23 Å². The van der Waals surface area contributed by atoms with Crippen LogP contribution >= 0.6 is 0 Å². The molecule has 1 nitrogen and oxygen atoms in total. The zero-order valence-corrected chi connectivity index (χ0v) is 20.3. The molecule has 3 aromatic rings. The summed E-state index contributed by atoms with van der Waals surface area (Å²) in [6.45, 7) is -0.486. The van der Waals surface area contributed by atoms with Crippen molar-refractivity contribution in [2.75, 3.05) is 13.7 Å². The molecule has 0 heterocycles. The molecule has 1 aliphatic carbocycles. The summed E-state index contributed by atoms with van der Waals surface area (Å²) in [5.74, 6) is -6.27. The van der Waals surface area contributed by atoms with Crippen LogP contribution in [0.1, 0.15) is 59.8 Å². The Morgan fingerprint density at radius 3 is 1.84 bits per heavy atom. The smallest absolute Gasteiger partial charge is 0.377 e. The molecule has 0 unspecified atom stereocenters. The van der Waals surface area contributed by atoms with Crippen molar-refractivity contribution in [3.8, 4) is 11.1 Å². The minimum Gasteiger partial charge on any atom is -0.377 e. The third-order valence-electron chi connectivity index (χ3n) is 6.97. The van der Waals surface area contributed by atoms with Crippen molar-refractivity contribution in [1.29, 1.82) is 0 Å². The maximum atomic E-state index is 15.1. The predicted molar refractivity (Wildman–Crippen MR) is 128 cm³/mol. The SMILES string of the molecule is COCC(F)=C(F)c1ccc(-c2ccc(C3CCC(c4cc(F)c(C(F)(F)F)c(F)c4)CC3)c(F)c2)cc1. The molecular formula is C29H24F8O. The zero-order valence-electron chi connectivity index (χ0n) is 20.3. The number of ether oxygens (including phenoxy) is 1. The Balaban J connectivity index is 1.45. The van der Waals surface area contributed by atoms with E-state index in [9.17, 15) is 30.7 Å². The molecule has 1 saturated carbocycles. The van der Waals surface area contributed by atoms with Gasteiger partial charge in [0.25, 0.3) is 0 Å². The number of alkyl halides is 3. The average molecular weight is 540 g/mol. The standard InChI is InChI=1S/C29H24F8O/c1-38-15-26(33)28(34)19-8-4-16(5-9-19)20-10-11-22(23(30)12-20)18-6-2-17(3-7-18)21-13-24(31)27(25(32)14-21)29(35,36)37/h4-5,8-14,17-18H,2-3,6-7,15H2,1H3. The molecule has 4 rings (SSSR count). The molecule has 38 heavy (non-hydrogen) atoms. The molecule has 0 aliphatic heterocycles. The second-order valence-corrected chi connectivity index (χ2v) is 9.37. The van der Waals surface area contributed by atoms with Crippen LogP contribution in [0, 0.1) is 17.5 Å². The van der Waals surface area contributed by atoms with Crippen LogP contribution in [0.4, 0.5) is 35.1 Å². The van der Waals surface area contributed by atoms with Crippen LogP contribution in [0.25, 0.3) is 17.0 Å². The number of rotatable bonds is 6. The number of benzene rings is 3. The number of hydrogen-bond donors (Lipinski definition) is 0. The molecule has 0 aromatic heterocycles. The van der Waals surface area contributed by atoms with Crippen molar-refractivity contribution in [3.05, 3.63) is 100 Å². The van der Waals surface area contributed by atoms with E-state index in [1.165, 1.54) is 25.3 Å². The summed E-state index contributed by atoms with van der Waals surface area (Å²) in [5, 5.41) is 0. The molecule has 0 radical (unpaired) electrons. The fourth-order valence-electron chi connectivity index (χ4n) is 5.03. The van der Waals surface area contributed by atoms with Gasteiger partial charge in [0.15, 0.2) is 11.7 Å². The van der Waals surface area contributed by atoms with Crippen molar-refractivity contribution >= 4 is 5.83 Å². The Morgan fingerprint density at radius 2 is 1.32 bits per heavy atom. The van der Waals surface area contributed by atoms with Crippen molar-refractivity contribution in [3.63, 3.8) is 0 Å². The minimum atomic E-state index is -5.12. The van der Waals surface area contributed by atoms with Crippen molar-refractivity contribution < 1.29 is 39.9 Å². The van der Waals surface area contributed by atoms with E-state index in [1.54, 1.807) is 24.3 Å². The van der Waals surface area contributed by atoms with E-state index in [0.717, 1.165) is 12.1 Å². The molecular weight excluding hydrogens is 516 g/mol. The lowest BCUT2D eigenvalue weighted by Crippen LogP contribution is -2.16. The van der Waals surface area contributed by atoms with Gasteiger partial charge in [0, 0.05) is 12.7 Å². The van der Waals surface area contributed by atoms with Crippen molar-refractivity contribution in [1.82, 2.24) is 0 Å².